The zero-order chi connectivity index (χ0) is 29.5. The highest BCUT2D eigenvalue weighted by atomic mass is 32.2. The van der Waals surface area contributed by atoms with Gasteiger partial charge in [0, 0.05) is 30.2 Å². The molecule has 0 aliphatic carbocycles. The maximum atomic E-state index is 14.9. The largest absolute Gasteiger partial charge is 0.444 e. The van der Waals surface area contributed by atoms with Crippen molar-refractivity contribution in [3.8, 4) is 11.4 Å². The summed E-state index contributed by atoms with van der Waals surface area (Å²) in [4.78, 5) is 26.9. The van der Waals surface area contributed by atoms with Gasteiger partial charge in [0.25, 0.3) is 10.0 Å². The molecule has 12 heteroatoms. The zero-order valence-corrected chi connectivity index (χ0v) is 24.1. The summed E-state index contributed by atoms with van der Waals surface area (Å²) in [5.41, 5.74) is 0.581. The number of aryl methyl sites for hydroxylation is 1. The number of carbonyl (C=O) groups excluding carboxylic acids is 1. The van der Waals surface area contributed by atoms with Gasteiger partial charge >= 0.3 is 6.09 Å². The predicted octanol–water partition coefficient (Wildman–Crippen LogP) is 5.51. The molecule has 0 unspecified atom stereocenters. The molecule has 1 aliphatic heterocycles. The Balaban J connectivity index is 1.49. The first-order valence-corrected chi connectivity index (χ1v) is 14.7. The molecule has 1 atom stereocenters. The van der Waals surface area contributed by atoms with Gasteiger partial charge in [0.05, 0.1) is 23.0 Å². The lowest BCUT2D eigenvalue weighted by molar-refractivity contribution is 0.0165. The maximum absolute atomic E-state index is 14.9. The van der Waals surface area contributed by atoms with Crippen LogP contribution in [0.5, 0.6) is 0 Å². The van der Waals surface area contributed by atoms with E-state index in [9.17, 15) is 22.0 Å². The van der Waals surface area contributed by atoms with Crippen molar-refractivity contribution in [2.24, 2.45) is 5.92 Å². The van der Waals surface area contributed by atoms with Crippen LogP contribution in [0.25, 0.3) is 22.4 Å². The van der Waals surface area contributed by atoms with E-state index in [1.165, 1.54) is 18.3 Å². The van der Waals surface area contributed by atoms with Crippen molar-refractivity contribution in [2.75, 3.05) is 13.1 Å². The summed E-state index contributed by atoms with van der Waals surface area (Å²) in [5, 5.41) is 0.173. The van der Waals surface area contributed by atoms with Crippen LogP contribution in [0, 0.1) is 24.5 Å². The van der Waals surface area contributed by atoms with Crippen LogP contribution in [0.15, 0.2) is 53.8 Å². The number of ether oxygens (including phenoxy) is 1. The number of carbonyl (C=O) groups is 1. The summed E-state index contributed by atoms with van der Waals surface area (Å²) in [6.45, 7) is 8.18. The van der Waals surface area contributed by atoms with E-state index in [2.05, 4.69) is 15.0 Å². The third kappa shape index (κ3) is 6.07. The summed E-state index contributed by atoms with van der Waals surface area (Å²) in [7, 11) is -4.10. The quantitative estimate of drug-likeness (QED) is 0.305. The summed E-state index contributed by atoms with van der Waals surface area (Å²) in [6.07, 6.45) is 4.56. The van der Waals surface area contributed by atoms with Crippen LogP contribution in [0.3, 0.4) is 0 Å². The molecule has 9 nitrogen and oxygen atoms in total. The third-order valence-corrected chi connectivity index (χ3v) is 8.53. The minimum absolute atomic E-state index is 0.00302. The molecule has 1 amide bonds. The molecule has 4 aromatic rings. The van der Waals surface area contributed by atoms with Crippen LogP contribution >= 0.6 is 0 Å². The van der Waals surface area contributed by atoms with Gasteiger partial charge in [0.1, 0.15) is 11.4 Å². The van der Waals surface area contributed by atoms with Gasteiger partial charge in [-0.1, -0.05) is 17.7 Å². The van der Waals surface area contributed by atoms with Gasteiger partial charge in [-0.05, 0) is 71.1 Å². The summed E-state index contributed by atoms with van der Waals surface area (Å²) in [6, 6.07) is 7.48. The first-order valence-electron chi connectivity index (χ1n) is 13.3. The second-order valence-electron chi connectivity index (χ2n) is 11.3. The molecule has 0 saturated carbocycles. The Bertz CT molecular complexity index is 1720. The highest BCUT2D eigenvalue weighted by Crippen LogP contribution is 2.32. The van der Waals surface area contributed by atoms with Crippen molar-refractivity contribution in [1.82, 2.24) is 23.8 Å². The van der Waals surface area contributed by atoms with Gasteiger partial charge in [-0.25, -0.2) is 40.9 Å². The van der Waals surface area contributed by atoms with Crippen LogP contribution in [0.2, 0.25) is 0 Å². The van der Waals surface area contributed by atoms with E-state index in [1.54, 1.807) is 37.8 Å². The van der Waals surface area contributed by atoms with Crippen LogP contribution < -0.4 is 0 Å². The Kier molecular flexibility index (Phi) is 7.54. The first kappa shape index (κ1) is 28.6. The van der Waals surface area contributed by atoms with Crippen molar-refractivity contribution in [2.45, 2.75) is 57.5 Å². The number of aromatic nitrogens is 4. The lowest BCUT2D eigenvalue weighted by Crippen LogP contribution is -2.43. The molecule has 41 heavy (non-hydrogen) atoms. The minimum Gasteiger partial charge on any atom is -0.444 e. The SMILES string of the molecule is Cc1ccc(S(=O)(=O)n2cc(-c3ncc(F)c(C[C@H]4CCCN(C(=O)OC(C)(C)C)C4)n3)c3cc(F)cnc32)cc1. The topological polar surface area (TPSA) is 107 Å². The minimum atomic E-state index is -4.10. The number of rotatable bonds is 5. The first-order chi connectivity index (χ1) is 19.3. The molecule has 3 aromatic heterocycles. The molecular formula is C29H31F2N5O4S. The number of amides is 1. The molecule has 1 aromatic carbocycles. The van der Waals surface area contributed by atoms with Crippen molar-refractivity contribution in [3.63, 3.8) is 0 Å². The molecule has 1 saturated heterocycles. The fraction of sp³-hybridized carbons (Fsp3) is 0.379. The highest BCUT2D eigenvalue weighted by molar-refractivity contribution is 7.90. The van der Waals surface area contributed by atoms with E-state index in [0.717, 1.165) is 40.8 Å². The van der Waals surface area contributed by atoms with Gasteiger partial charge in [0.15, 0.2) is 17.3 Å². The van der Waals surface area contributed by atoms with E-state index in [1.807, 2.05) is 6.92 Å². The zero-order valence-electron chi connectivity index (χ0n) is 23.3. The van der Waals surface area contributed by atoms with Gasteiger partial charge in [-0.2, -0.15) is 0 Å². The summed E-state index contributed by atoms with van der Waals surface area (Å²) >= 11 is 0. The monoisotopic (exact) mass is 583 g/mol. The molecule has 5 rings (SSSR count). The van der Waals surface area contributed by atoms with Crippen molar-refractivity contribution < 1.29 is 26.7 Å². The van der Waals surface area contributed by atoms with E-state index < -0.39 is 33.4 Å². The molecule has 1 fully saturated rings. The van der Waals surface area contributed by atoms with E-state index in [-0.39, 0.29) is 45.3 Å². The van der Waals surface area contributed by atoms with Gasteiger partial charge in [-0.3, -0.25) is 0 Å². The van der Waals surface area contributed by atoms with E-state index in [4.69, 9.17) is 4.74 Å². The number of hydrogen-bond acceptors (Lipinski definition) is 7. The van der Waals surface area contributed by atoms with Gasteiger partial charge < -0.3 is 9.64 Å². The molecule has 0 bridgehead atoms. The molecule has 0 spiro atoms. The third-order valence-electron chi connectivity index (χ3n) is 6.87. The predicted molar refractivity (Wildman–Crippen MR) is 149 cm³/mol. The van der Waals surface area contributed by atoms with Crippen LogP contribution in [-0.4, -0.2) is 57.0 Å². The summed E-state index contributed by atoms with van der Waals surface area (Å²) < 4.78 is 62.8. The number of halogens is 2. The Hall–Kier alpha value is -3.93. The molecule has 0 N–H and O–H groups in total. The molecule has 4 heterocycles. The summed E-state index contributed by atoms with van der Waals surface area (Å²) in [5.74, 6) is -1.33. The number of benzene rings is 1. The maximum Gasteiger partial charge on any atom is 0.410 e. The lowest BCUT2D eigenvalue weighted by Gasteiger charge is -2.34. The molecule has 0 radical (unpaired) electrons. The normalized spacial score (nSPS) is 16.2. The second-order valence-corrected chi connectivity index (χ2v) is 13.1. The van der Waals surface area contributed by atoms with Crippen molar-refractivity contribution in [3.05, 3.63) is 71.8 Å². The number of piperidine rings is 1. The van der Waals surface area contributed by atoms with Crippen LogP contribution in [0.1, 0.15) is 44.9 Å². The Morgan fingerprint density at radius 2 is 1.85 bits per heavy atom. The van der Waals surface area contributed by atoms with E-state index in [0.29, 0.717) is 13.1 Å². The molecule has 216 valence electrons. The second kappa shape index (κ2) is 10.8. The van der Waals surface area contributed by atoms with E-state index >= 15 is 0 Å². The smallest absolute Gasteiger partial charge is 0.410 e. The standard InChI is InChI=1S/C29H31F2N5O4S/c1-18-7-9-21(10-8-18)41(38,39)36-17-23(22-13-20(30)14-33-27(22)36)26-32-15-24(31)25(34-26)12-19-6-5-11-35(16-19)28(37)40-29(2,3)4/h7-10,13-15,17,19H,5-6,11-12,16H2,1-4H3/t19-/m1/s1. The average molecular weight is 584 g/mol. The lowest BCUT2D eigenvalue weighted by atomic mass is 9.93. The number of pyridine rings is 1. The van der Waals surface area contributed by atoms with Crippen molar-refractivity contribution >= 4 is 27.1 Å². The Morgan fingerprint density at radius 1 is 1.12 bits per heavy atom. The Labute approximate surface area is 237 Å². The van der Waals surface area contributed by atoms with Gasteiger partial charge in [0.2, 0.25) is 0 Å². The number of nitrogens with zero attached hydrogens (tertiary/aromatic N) is 5. The van der Waals surface area contributed by atoms with Crippen LogP contribution in [-0.2, 0) is 21.2 Å². The fourth-order valence-corrected chi connectivity index (χ4v) is 6.24. The number of fused-ring (bicyclic) bond motifs is 1. The Morgan fingerprint density at radius 3 is 2.56 bits per heavy atom. The fourth-order valence-electron chi connectivity index (χ4n) is 4.91. The van der Waals surface area contributed by atoms with Crippen LogP contribution in [0.4, 0.5) is 13.6 Å². The number of likely N-dealkylation sites (tertiary alicyclic amines) is 1. The number of hydrogen-bond donors (Lipinski definition) is 0. The molecular weight excluding hydrogens is 552 g/mol. The average Bonchev–Trinajstić information content (AvgIpc) is 3.29. The van der Waals surface area contributed by atoms with Gasteiger partial charge in [-0.15, -0.1) is 0 Å². The molecule has 1 aliphatic rings. The highest BCUT2D eigenvalue weighted by Gasteiger charge is 2.29. The van der Waals surface area contributed by atoms with Crippen molar-refractivity contribution in [1.29, 1.82) is 0 Å².